The van der Waals surface area contributed by atoms with Crippen molar-refractivity contribution < 1.29 is 14.7 Å². The van der Waals surface area contributed by atoms with Gasteiger partial charge in [-0.1, -0.05) is 39.0 Å². The van der Waals surface area contributed by atoms with Crippen LogP contribution in [0.4, 0.5) is 0 Å². The fourth-order valence-corrected chi connectivity index (χ4v) is 4.17. The minimum Gasteiger partial charge on any atom is -0.480 e. The van der Waals surface area contributed by atoms with Gasteiger partial charge in [-0.15, -0.1) is 0 Å². The summed E-state index contributed by atoms with van der Waals surface area (Å²) < 4.78 is 0. The summed E-state index contributed by atoms with van der Waals surface area (Å²) in [4.78, 5) is 24.2. The highest BCUT2D eigenvalue weighted by molar-refractivity contribution is 6.04. The number of Topliss-reactive ketones (excluding diaryl/α,β-unsaturated/α-hetero) is 1. The summed E-state index contributed by atoms with van der Waals surface area (Å²) in [6, 6.07) is 0. The summed E-state index contributed by atoms with van der Waals surface area (Å²) in [6.45, 7) is 2.13. The molecule has 3 nitrogen and oxygen atoms in total. The van der Waals surface area contributed by atoms with Crippen LogP contribution in [0.2, 0.25) is 0 Å². The number of ketones is 1. The Morgan fingerprint density at radius 1 is 1.28 bits per heavy atom. The first-order valence-electron chi connectivity index (χ1n) is 7.39. The third kappa shape index (κ3) is 2.08. The Bertz CT molecular complexity index is 337. The molecule has 3 atom stereocenters. The van der Waals surface area contributed by atoms with Gasteiger partial charge in [0.05, 0.1) is 0 Å². The lowest BCUT2D eigenvalue weighted by Crippen LogP contribution is -2.50. The molecule has 0 bridgehead atoms. The first-order chi connectivity index (χ1) is 8.63. The molecule has 1 N–H and O–H groups in total. The van der Waals surface area contributed by atoms with Crippen molar-refractivity contribution in [2.24, 2.45) is 17.3 Å². The minimum absolute atomic E-state index is 0.00611. The van der Waals surface area contributed by atoms with Gasteiger partial charge in [0.2, 0.25) is 0 Å². The van der Waals surface area contributed by atoms with Gasteiger partial charge in [-0.05, 0) is 31.1 Å². The van der Waals surface area contributed by atoms with Crippen LogP contribution in [0.3, 0.4) is 0 Å². The van der Waals surface area contributed by atoms with Crippen LogP contribution >= 0.6 is 0 Å². The van der Waals surface area contributed by atoms with Gasteiger partial charge in [0.25, 0.3) is 0 Å². The van der Waals surface area contributed by atoms with Gasteiger partial charge in [0, 0.05) is 6.42 Å². The van der Waals surface area contributed by atoms with Crippen LogP contribution in [-0.4, -0.2) is 16.9 Å². The predicted molar refractivity (Wildman–Crippen MR) is 69.3 cm³/mol. The topological polar surface area (TPSA) is 54.4 Å². The molecule has 0 aromatic heterocycles. The normalized spacial score (nSPS) is 37.5. The molecular weight excluding hydrogens is 228 g/mol. The molecule has 2 fully saturated rings. The van der Waals surface area contributed by atoms with Gasteiger partial charge in [-0.2, -0.15) is 0 Å². The number of aliphatic carboxylic acids is 1. The number of carbonyl (C=O) groups excluding carboxylic acids is 1. The Hall–Kier alpha value is -0.860. The number of carboxylic acid groups (broad SMARTS) is 1. The summed E-state index contributed by atoms with van der Waals surface area (Å²) in [5, 5.41) is 9.70. The lowest BCUT2D eigenvalue weighted by atomic mass is 9.57. The van der Waals surface area contributed by atoms with Gasteiger partial charge in [0.1, 0.15) is 11.2 Å². The van der Waals surface area contributed by atoms with Crippen LogP contribution in [0.25, 0.3) is 0 Å². The molecule has 2 aliphatic carbocycles. The lowest BCUT2D eigenvalue weighted by molar-refractivity contribution is -0.165. The van der Waals surface area contributed by atoms with Crippen molar-refractivity contribution in [3.63, 3.8) is 0 Å². The van der Waals surface area contributed by atoms with Crippen molar-refractivity contribution in [1.29, 1.82) is 0 Å². The van der Waals surface area contributed by atoms with E-state index in [-0.39, 0.29) is 11.7 Å². The zero-order valence-corrected chi connectivity index (χ0v) is 11.3. The van der Waals surface area contributed by atoms with Gasteiger partial charge >= 0.3 is 5.97 Å². The highest BCUT2D eigenvalue weighted by atomic mass is 16.4. The van der Waals surface area contributed by atoms with Crippen molar-refractivity contribution in [2.75, 3.05) is 0 Å². The van der Waals surface area contributed by atoms with Crippen LogP contribution in [0.15, 0.2) is 0 Å². The lowest BCUT2D eigenvalue weighted by Gasteiger charge is -2.44. The van der Waals surface area contributed by atoms with E-state index in [1.807, 2.05) is 0 Å². The van der Waals surface area contributed by atoms with E-state index in [9.17, 15) is 14.7 Å². The van der Waals surface area contributed by atoms with E-state index in [1.54, 1.807) is 0 Å². The smallest absolute Gasteiger partial charge is 0.317 e. The van der Waals surface area contributed by atoms with E-state index in [4.69, 9.17) is 0 Å². The molecule has 2 saturated carbocycles. The molecule has 0 saturated heterocycles. The Morgan fingerprint density at radius 2 is 2.00 bits per heavy atom. The van der Waals surface area contributed by atoms with Crippen molar-refractivity contribution >= 4 is 11.8 Å². The Morgan fingerprint density at radius 3 is 2.61 bits per heavy atom. The number of hydrogen-bond donors (Lipinski definition) is 1. The largest absolute Gasteiger partial charge is 0.480 e. The van der Waals surface area contributed by atoms with Crippen molar-refractivity contribution in [1.82, 2.24) is 0 Å². The summed E-state index contributed by atoms with van der Waals surface area (Å²) in [7, 11) is 0. The molecule has 0 spiro atoms. The molecular formula is C15H24O3. The maximum absolute atomic E-state index is 12.3. The zero-order chi connectivity index (χ0) is 13.2. The number of hydrogen-bond acceptors (Lipinski definition) is 2. The molecule has 102 valence electrons. The SMILES string of the molecule is CCC1CCCCC1C1(C(=O)O)CCCCC1=O. The van der Waals surface area contributed by atoms with E-state index >= 15 is 0 Å². The Kier molecular flexibility index (Phi) is 4.08. The average molecular weight is 252 g/mol. The second-order valence-corrected chi connectivity index (χ2v) is 5.97. The quantitative estimate of drug-likeness (QED) is 0.783. The third-order valence-corrected chi connectivity index (χ3v) is 5.17. The van der Waals surface area contributed by atoms with Gasteiger partial charge in [0.15, 0.2) is 0 Å². The average Bonchev–Trinajstić information content (AvgIpc) is 2.39. The summed E-state index contributed by atoms with van der Waals surface area (Å²) in [5.41, 5.74) is -1.04. The first-order valence-corrected chi connectivity index (χ1v) is 7.39. The number of carbonyl (C=O) groups is 2. The van der Waals surface area contributed by atoms with E-state index in [1.165, 1.54) is 6.42 Å². The van der Waals surface area contributed by atoms with Crippen LogP contribution in [0.5, 0.6) is 0 Å². The molecule has 3 heteroatoms. The first kappa shape index (κ1) is 13.6. The maximum Gasteiger partial charge on any atom is 0.317 e. The predicted octanol–water partition coefficient (Wildman–Crippen LogP) is 3.42. The monoisotopic (exact) mass is 252 g/mol. The molecule has 0 aromatic carbocycles. The summed E-state index contributed by atoms with van der Waals surface area (Å²) >= 11 is 0. The Labute approximate surface area is 109 Å². The van der Waals surface area contributed by atoms with Crippen molar-refractivity contribution in [3.05, 3.63) is 0 Å². The van der Waals surface area contributed by atoms with Crippen LogP contribution in [0.1, 0.15) is 64.7 Å². The van der Waals surface area contributed by atoms with E-state index in [0.717, 1.165) is 38.5 Å². The van der Waals surface area contributed by atoms with Gasteiger partial charge in [-0.25, -0.2) is 0 Å². The molecule has 0 radical (unpaired) electrons. The van der Waals surface area contributed by atoms with Gasteiger partial charge < -0.3 is 5.11 Å². The molecule has 18 heavy (non-hydrogen) atoms. The fraction of sp³-hybridized carbons (Fsp3) is 0.867. The molecule has 2 aliphatic rings. The molecule has 0 aliphatic heterocycles. The molecule has 2 rings (SSSR count). The van der Waals surface area contributed by atoms with E-state index in [0.29, 0.717) is 18.8 Å². The van der Waals surface area contributed by atoms with E-state index < -0.39 is 11.4 Å². The second-order valence-electron chi connectivity index (χ2n) is 5.97. The molecule has 3 unspecified atom stereocenters. The van der Waals surface area contributed by atoms with Crippen LogP contribution in [0, 0.1) is 17.3 Å². The number of carboxylic acids is 1. The Balaban J connectivity index is 2.33. The molecule has 0 amide bonds. The van der Waals surface area contributed by atoms with Crippen molar-refractivity contribution in [2.45, 2.75) is 64.7 Å². The fourth-order valence-electron chi connectivity index (χ4n) is 4.17. The number of rotatable bonds is 3. The maximum atomic E-state index is 12.3. The molecule has 0 aromatic rings. The molecule has 0 heterocycles. The summed E-state index contributed by atoms with van der Waals surface area (Å²) in [5.74, 6) is -0.331. The van der Waals surface area contributed by atoms with Crippen molar-refractivity contribution in [3.8, 4) is 0 Å². The highest BCUT2D eigenvalue weighted by Gasteiger charge is 2.54. The van der Waals surface area contributed by atoms with E-state index in [2.05, 4.69) is 6.92 Å². The summed E-state index contributed by atoms with van der Waals surface area (Å²) in [6.07, 6.45) is 8.12. The zero-order valence-electron chi connectivity index (χ0n) is 11.3. The highest BCUT2D eigenvalue weighted by Crippen LogP contribution is 2.49. The standard InChI is InChI=1S/C15H24O3/c1-2-11-7-3-4-8-12(11)15(14(17)18)10-6-5-9-13(15)16/h11-12H,2-10H2,1H3,(H,17,18). The van der Waals surface area contributed by atoms with Gasteiger partial charge in [-0.3, -0.25) is 9.59 Å². The minimum atomic E-state index is -1.04. The second kappa shape index (κ2) is 5.41. The van der Waals surface area contributed by atoms with Crippen LogP contribution < -0.4 is 0 Å². The van der Waals surface area contributed by atoms with Crippen LogP contribution in [-0.2, 0) is 9.59 Å². The third-order valence-electron chi connectivity index (χ3n) is 5.17.